The number of aliphatic imine (C=N–C) groups is 1. The number of benzene rings is 2. The Kier molecular flexibility index (Phi) is 5.52. The van der Waals surface area contributed by atoms with Crippen LogP contribution in [0.4, 0.5) is 18.9 Å². The Hall–Kier alpha value is -3.45. The zero-order chi connectivity index (χ0) is 21.2. The average molecular weight is 419 g/mol. The van der Waals surface area contributed by atoms with Gasteiger partial charge in [-0.05, 0) is 47.7 Å². The van der Waals surface area contributed by atoms with Crippen LogP contribution in [0.1, 0.15) is 11.1 Å². The van der Waals surface area contributed by atoms with Crippen LogP contribution in [0.3, 0.4) is 0 Å². The molecule has 0 fully saturated rings. The Labute approximate surface area is 167 Å². The summed E-state index contributed by atoms with van der Waals surface area (Å²) < 4.78 is 50.2. The van der Waals surface area contributed by atoms with Crippen molar-refractivity contribution in [3.05, 3.63) is 63.8 Å². The van der Waals surface area contributed by atoms with Gasteiger partial charge in [-0.3, -0.25) is 4.79 Å². The predicted molar refractivity (Wildman–Crippen MR) is 103 cm³/mol. The Morgan fingerprint density at radius 1 is 1.21 bits per heavy atom. The van der Waals surface area contributed by atoms with E-state index in [1.165, 1.54) is 19.2 Å². The van der Waals surface area contributed by atoms with Crippen molar-refractivity contribution in [3.63, 3.8) is 0 Å². The Bertz CT molecular complexity index is 1090. The summed E-state index contributed by atoms with van der Waals surface area (Å²) in [6.45, 7) is 6.88. The highest BCUT2D eigenvalue weighted by molar-refractivity contribution is 8.18. The van der Waals surface area contributed by atoms with Gasteiger partial charge in [0.05, 0.1) is 24.2 Å². The fourth-order valence-corrected chi connectivity index (χ4v) is 3.15. The molecule has 2 aromatic rings. The van der Waals surface area contributed by atoms with Gasteiger partial charge in [-0.2, -0.15) is 18.2 Å². The molecule has 148 valence electrons. The lowest BCUT2D eigenvalue weighted by Crippen LogP contribution is -2.05. The van der Waals surface area contributed by atoms with Crippen LogP contribution in [0.2, 0.25) is 0 Å². The first-order valence-corrected chi connectivity index (χ1v) is 8.75. The van der Waals surface area contributed by atoms with Gasteiger partial charge in [-0.25, -0.2) is 4.85 Å². The number of rotatable bonds is 4. The quantitative estimate of drug-likeness (QED) is 0.558. The molecule has 0 aromatic heterocycles. The number of ether oxygens (including phenoxy) is 2. The van der Waals surface area contributed by atoms with Crippen molar-refractivity contribution in [1.82, 2.24) is 0 Å². The lowest BCUT2D eigenvalue weighted by Gasteiger charge is -2.14. The van der Waals surface area contributed by atoms with Crippen LogP contribution < -0.4 is 15.2 Å². The van der Waals surface area contributed by atoms with E-state index in [0.717, 1.165) is 23.9 Å². The Balaban J connectivity index is 1.90. The summed E-state index contributed by atoms with van der Waals surface area (Å²) in [5.41, 5.74) is 4.50. The molecule has 2 aromatic carbocycles. The number of alkyl halides is 3. The minimum Gasteiger partial charge on any atom is -0.493 e. The third-order valence-corrected chi connectivity index (χ3v) is 4.56. The molecule has 1 aliphatic heterocycles. The molecular formula is C19H12F3N3O3S. The van der Waals surface area contributed by atoms with E-state index < -0.39 is 23.3 Å². The highest BCUT2D eigenvalue weighted by atomic mass is 32.2. The summed E-state index contributed by atoms with van der Waals surface area (Å²) >= 11 is 1.03. The molecular weight excluding hydrogens is 407 g/mol. The van der Waals surface area contributed by atoms with Gasteiger partial charge in [0, 0.05) is 0 Å². The van der Waals surface area contributed by atoms with Gasteiger partial charge >= 0.3 is 6.18 Å². The standard InChI is InChI=1S/C19H12F3N3O3S/c1-24-13-5-4-11(9-12(13)19(20,21)22)28-14-6-3-10(7-15(14)27-2)8-16-17(26)25-18(23)29-16/h3-9H,2H3,(H2,23,25,26)/b16-8-. The number of thioether (sulfide) groups is 1. The molecule has 0 spiro atoms. The number of amides is 1. The number of amidine groups is 1. The normalized spacial score (nSPS) is 15.2. The largest absolute Gasteiger partial charge is 0.493 e. The summed E-state index contributed by atoms with van der Waals surface area (Å²) in [6.07, 6.45) is -3.12. The molecule has 0 unspecified atom stereocenters. The summed E-state index contributed by atoms with van der Waals surface area (Å²) in [5, 5.41) is 0.150. The number of carbonyl (C=O) groups is 1. The molecule has 1 amide bonds. The monoisotopic (exact) mass is 419 g/mol. The molecule has 1 heterocycles. The molecule has 0 atom stereocenters. The zero-order valence-electron chi connectivity index (χ0n) is 14.8. The Morgan fingerprint density at radius 3 is 2.55 bits per heavy atom. The van der Waals surface area contributed by atoms with Gasteiger partial charge in [-0.1, -0.05) is 12.1 Å². The summed E-state index contributed by atoms with van der Waals surface area (Å²) in [4.78, 5) is 18.5. The van der Waals surface area contributed by atoms with Crippen LogP contribution in [-0.2, 0) is 11.0 Å². The molecule has 6 nitrogen and oxygen atoms in total. The van der Waals surface area contributed by atoms with Crippen LogP contribution in [-0.4, -0.2) is 18.2 Å². The summed E-state index contributed by atoms with van der Waals surface area (Å²) in [6, 6.07) is 7.73. The van der Waals surface area contributed by atoms with Crippen molar-refractivity contribution >= 4 is 34.6 Å². The van der Waals surface area contributed by atoms with E-state index >= 15 is 0 Å². The first-order chi connectivity index (χ1) is 13.7. The number of hydrogen-bond acceptors (Lipinski definition) is 5. The third kappa shape index (κ3) is 4.52. The van der Waals surface area contributed by atoms with Crippen molar-refractivity contribution in [3.8, 4) is 17.2 Å². The summed E-state index contributed by atoms with van der Waals surface area (Å²) in [7, 11) is 1.37. The number of halogens is 3. The maximum absolute atomic E-state index is 13.1. The van der Waals surface area contributed by atoms with Crippen LogP contribution >= 0.6 is 11.8 Å². The van der Waals surface area contributed by atoms with Crippen LogP contribution in [0.25, 0.3) is 10.9 Å². The molecule has 3 rings (SSSR count). The molecule has 0 radical (unpaired) electrons. The molecule has 0 aliphatic carbocycles. The van der Waals surface area contributed by atoms with Gasteiger partial charge in [0.2, 0.25) is 0 Å². The second-order valence-corrected chi connectivity index (χ2v) is 6.73. The summed E-state index contributed by atoms with van der Waals surface area (Å²) in [5.74, 6) is -0.144. The van der Waals surface area contributed by atoms with E-state index in [-0.39, 0.29) is 22.4 Å². The highest BCUT2D eigenvalue weighted by Crippen LogP contribution is 2.41. The predicted octanol–water partition coefficient (Wildman–Crippen LogP) is 4.99. The molecule has 29 heavy (non-hydrogen) atoms. The van der Waals surface area contributed by atoms with E-state index in [2.05, 4.69) is 9.84 Å². The lowest BCUT2D eigenvalue weighted by atomic mass is 10.1. The number of carbonyl (C=O) groups excluding carboxylic acids is 1. The van der Waals surface area contributed by atoms with E-state index in [0.29, 0.717) is 10.5 Å². The van der Waals surface area contributed by atoms with Gasteiger partial charge < -0.3 is 15.2 Å². The van der Waals surface area contributed by atoms with E-state index in [4.69, 9.17) is 21.8 Å². The highest BCUT2D eigenvalue weighted by Gasteiger charge is 2.34. The second kappa shape index (κ2) is 7.89. The number of nitrogens with two attached hydrogens (primary N) is 1. The van der Waals surface area contributed by atoms with Crippen molar-refractivity contribution in [2.45, 2.75) is 6.18 Å². The second-order valence-electron chi connectivity index (χ2n) is 5.67. The third-order valence-electron chi connectivity index (χ3n) is 3.74. The first-order valence-electron chi connectivity index (χ1n) is 7.94. The zero-order valence-corrected chi connectivity index (χ0v) is 15.6. The van der Waals surface area contributed by atoms with Crippen LogP contribution in [0.15, 0.2) is 46.3 Å². The number of hydrogen-bond donors (Lipinski definition) is 1. The fraction of sp³-hybridized carbons (Fsp3) is 0.105. The van der Waals surface area contributed by atoms with E-state index in [9.17, 15) is 18.0 Å². The SMILES string of the molecule is [C-]#[N+]c1ccc(Oc2ccc(/C=C3\SC(N)=NC3=O)cc2OC)cc1C(F)(F)F. The number of nitrogens with zero attached hydrogens (tertiary/aromatic N) is 2. The van der Waals surface area contributed by atoms with Crippen molar-refractivity contribution < 1.29 is 27.4 Å². The molecule has 0 bridgehead atoms. The van der Waals surface area contributed by atoms with Gasteiger partial charge in [0.1, 0.15) is 5.75 Å². The van der Waals surface area contributed by atoms with Gasteiger partial charge in [0.25, 0.3) is 5.91 Å². The molecule has 10 heteroatoms. The van der Waals surface area contributed by atoms with Crippen LogP contribution in [0.5, 0.6) is 17.2 Å². The average Bonchev–Trinajstić information content (AvgIpc) is 2.99. The maximum atomic E-state index is 13.1. The molecule has 1 aliphatic rings. The minimum absolute atomic E-state index is 0.100. The first kappa shape index (κ1) is 20.3. The van der Waals surface area contributed by atoms with Crippen LogP contribution in [0, 0.1) is 6.57 Å². The smallest absolute Gasteiger partial charge is 0.407 e. The molecule has 0 saturated heterocycles. The van der Waals surface area contributed by atoms with E-state index in [1.807, 2.05) is 0 Å². The lowest BCUT2D eigenvalue weighted by molar-refractivity contribution is -0.137. The molecule has 0 saturated carbocycles. The van der Waals surface area contributed by atoms with Crippen molar-refractivity contribution in [2.75, 3.05) is 7.11 Å². The van der Waals surface area contributed by atoms with Gasteiger partial charge in [0.15, 0.2) is 22.4 Å². The number of methoxy groups -OCH3 is 1. The maximum Gasteiger partial charge on any atom is 0.407 e. The minimum atomic E-state index is -4.69. The topological polar surface area (TPSA) is 78.3 Å². The van der Waals surface area contributed by atoms with Crippen molar-refractivity contribution in [2.24, 2.45) is 10.7 Å². The van der Waals surface area contributed by atoms with E-state index in [1.54, 1.807) is 18.2 Å². The molecule has 2 N–H and O–H groups in total. The fourth-order valence-electron chi connectivity index (χ4n) is 2.47. The Morgan fingerprint density at radius 2 is 1.97 bits per heavy atom. The van der Waals surface area contributed by atoms with Crippen molar-refractivity contribution in [1.29, 1.82) is 0 Å². The van der Waals surface area contributed by atoms with Gasteiger partial charge in [-0.15, -0.1) is 0 Å².